The summed E-state index contributed by atoms with van der Waals surface area (Å²) in [5.74, 6) is 1.11. The number of carbonyl (C=O) groups excluding carboxylic acids is 1. The van der Waals surface area contributed by atoms with Crippen molar-refractivity contribution >= 4 is 5.91 Å². The van der Waals surface area contributed by atoms with Crippen LogP contribution in [0.2, 0.25) is 0 Å². The van der Waals surface area contributed by atoms with Gasteiger partial charge in [-0.05, 0) is 45.6 Å². The molecule has 1 heterocycles. The highest BCUT2D eigenvalue weighted by Crippen LogP contribution is 2.28. The second-order valence-corrected chi connectivity index (χ2v) is 6.67. The van der Waals surface area contributed by atoms with Crippen LogP contribution >= 0.6 is 0 Å². The number of carbonyl (C=O) groups is 1. The topological polar surface area (TPSA) is 32.3 Å². The first kappa shape index (κ1) is 16.5. The van der Waals surface area contributed by atoms with E-state index >= 15 is 0 Å². The van der Waals surface area contributed by atoms with Crippen molar-refractivity contribution in [3.05, 3.63) is 0 Å². The maximum Gasteiger partial charge on any atom is 0.223 e. The summed E-state index contributed by atoms with van der Waals surface area (Å²) < 4.78 is 0. The molecule has 0 radical (unpaired) electrons. The van der Waals surface area contributed by atoms with Gasteiger partial charge in [0, 0.05) is 19.5 Å². The molecule has 1 saturated heterocycles. The molecule has 0 saturated carbocycles. The van der Waals surface area contributed by atoms with Crippen molar-refractivity contribution in [3.63, 3.8) is 0 Å². The van der Waals surface area contributed by atoms with E-state index in [1.165, 1.54) is 19.3 Å². The Hall–Kier alpha value is -0.570. The third-order valence-electron chi connectivity index (χ3n) is 4.28. The molecule has 1 aliphatic rings. The number of nitrogens with one attached hydrogen (secondary N) is 1. The number of likely N-dealkylation sites (tertiary alicyclic amines) is 1. The molecule has 0 bridgehead atoms. The zero-order valence-electron chi connectivity index (χ0n) is 13.3. The van der Waals surface area contributed by atoms with Gasteiger partial charge in [-0.25, -0.2) is 0 Å². The highest BCUT2D eigenvalue weighted by molar-refractivity contribution is 5.77. The van der Waals surface area contributed by atoms with E-state index in [2.05, 4.69) is 31.0 Å². The van der Waals surface area contributed by atoms with Gasteiger partial charge in [0.15, 0.2) is 0 Å². The molecule has 1 N–H and O–H groups in total. The first-order chi connectivity index (χ1) is 8.99. The minimum Gasteiger partial charge on any atom is -0.336 e. The predicted octanol–water partition coefficient (Wildman–Crippen LogP) is 3.19. The number of amides is 1. The van der Waals surface area contributed by atoms with Crippen LogP contribution in [0.4, 0.5) is 0 Å². The summed E-state index contributed by atoms with van der Waals surface area (Å²) in [5.41, 5.74) is 0.0299. The van der Waals surface area contributed by atoms with Crippen molar-refractivity contribution in [1.82, 2.24) is 10.2 Å². The zero-order chi connectivity index (χ0) is 14.3. The molecular weight excluding hydrogens is 236 g/mol. The van der Waals surface area contributed by atoms with Crippen molar-refractivity contribution < 1.29 is 4.79 Å². The van der Waals surface area contributed by atoms with Gasteiger partial charge >= 0.3 is 0 Å². The highest BCUT2D eigenvalue weighted by Gasteiger charge is 2.36. The lowest BCUT2D eigenvalue weighted by Gasteiger charge is -2.45. The first-order valence-electron chi connectivity index (χ1n) is 7.94. The fourth-order valence-corrected chi connectivity index (χ4v) is 3.13. The molecule has 0 aromatic heterocycles. The number of unbranched alkanes of at least 4 members (excludes halogenated alkanes) is 1. The summed E-state index contributed by atoms with van der Waals surface area (Å²) in [6, 6.07) is 0. The number of piperidine rings is 1. The number of nitrogens with zero attached hydrogens (tertiary/aromatic N) is 1. The number of hydrogen-bond donors (Lipinski definition) is 1. The molecule has 0 aromatic carbocycles. The van der Waals surface area contributed by atoms with Crippen molar-refractivity contribution in [2.24, 2.45) is 5.92 Å². The molecule has 3 nitrogen and oxygen atoms in total. The molecule has 0 aromatic rings. The van der Waals surface area contributed by atoms with E-state index in [1.807, 2.05) is 7.05 Å². The monoisotopic (exact) mass is 268 g/mol. The van der Waals surface area contributed by atoms with Crippen molar-refractivity contribution in [3.8, 4) is 0 Å². The van der Waals surface area contributed by atoms with Gasteiger partial charge in [-0.3, -0.25) is 4.79 Å². The second kappa shape index (κ2) is 7.88. The zero-order valence-corrected chi connectivity index (χ0v) is 13.3. The number of likely N-dealkylation sites (N-methyl/N-ethyl adjacent to an activating group) is 1. The van der Waals surface area contributed by atoms with Crippen LogP contribution in [0.5, 0.6) is 0 Å². The average molecular weight is 268 g/mol. The van der Waals surface area contributed by atoms with Crippen molar-refractivity contribution in [2.45, 2.75) is 71.3 Å². The van der Waals surface area contributed by atoms with Crippen molar-refractivity contribution in [1.29, 1.82) is 0 Å². The highest BCUT2D eigenvalue weighted by atomic mass is 16.2. The minimum absolute atomic E-state index is 0.0299. The van der Waals surface area contributed by atoms with E-state index in [-0.39, 0.29) is 5.54 Å². The number of hydrogen-bond acceptors (Lipinski definition) is 2. The van der Waals surface area contributed by atoms with Gasteiger partial charge < -0.3 is 10.2 Å². The quantitative estimate of drug-likeness (QED) is 0.719. The Morgan fingerprint density at radius 3 is 2.68 bits per heavy atom. The second-order valence-electron chi connectivity index (χ2n) is 6.67. The van der Waals surface area contributed by atoms with E-state index in [9.17, 15) is 4.79 Å². The van der Waals surface area contributed by atoms with Crippen molar-refractivity contribution in [2.75, 3.05) is 20.1 Å². The smallest absolute Gasteiger partial charge is 0.223 e. The molecule has 0 spiro atoms. The maximum atomic E-state index is 12.4. The van der Waals surface area contributed by atoms with Gasteiger partial charge in [-0.2, -0.15) is 0 Å². The van der Waals surface area contributed by atoms with Crippen LogP contribution in [-0.2, 0) is 4.79 Å². The molecule has 1 unspecified atom stereocenters. The van der Waals surface area contributed by atoms with E-state index in [0.29, 0.717) is 5.91 Å². The summed E-state index contributed by atoms with van der Waals surface area (Å²) >= 11 is 0. The normalized spacial score (nSPS) is 23.9. The van der Waals surface area contributed by atoms with Crippen LogP contribution in [-0.4, -0.2) is 36.5 Å². The Bertz CT molecular complexity index is 274. The first-order valence-corrected chi connectivity index (χ1v) is 7.94. The van der Waals surface area contributed by atoms with Gasteiger partial charge in [0.1, 0.15) is 0 Å². The SMILES string of the molecule is CNCC1(C)CCCCN1C(=O)CCCCC(C)C. The van der Waals surface area contributed by atoms with Crippen LogP contribution < -0.4 is 5.32 Å². The fraction of sp³-hybridized carbons (Fsp3) is 0.938. The summed E-state index contributed by atoms with van der Waals surface area (Å²) in [6.07, 6.45) is 7.73. The van der Waals surface area contributed by atoms with Crippen LogP contribution in [0.25, 0.3) is 0 Å². The molecule has 1 fully saturated rings. The fourth-order valence-electron chi connectivity index (χ4n) is 3.13. The molecule has 19 heavy (non-hydrogen) atoms. The lowest BCUT2D eigenvalue weighted by molar-refractivity contribution is -0.139. The van der Waals surface area contributed by atoms with Gasteiger partial charge in [0.05, 0.1) is 5.54 Å². The minimum atomic E-state index is 0.0299. The molecule has 112 valence electrons. The molecule has 1 atom stereocenters. The molecule has 0 aliphatic carbocycles. The summed E-state index contributed by atoms with van der Waals surface area (Å²) in [4.78, 5) is 14.6. The Morgan fingerprint density at radius 2 is 2.05 bits per heavy atom. The van der Waals surface area contributed by atoms with Gasteiger partial charge in [-0.15, -0.1) is 0 Å². The van der Waals surface area contributed by atoms with Crippen LogP contribution in [0.3, 0.4) is 0 Å². The molecular formula is C16H32N2O. The maximum absolute atomic E-state index is 12.4. The number of rotatable bonds is 7. The Labute approximate surface area is 119 Å². The largest absolute Gasteiger partial charge is 0.336 e. The predicted molar refractivity (Wildman–Crippen MR) is 81.2 cm³/mol. The van der Waals surface area contributed by atoms with E-state index < -0.39 is 0 Å². The summed E-state index contributed by atoms with van der Waals surface area (Å²) in [5, 5.41) is 3.25. The van der Waals surface area contributed by atoms with Crippen LogP contribution in [0, 0.1) is 5.92 Å². The Kier molecular flexibility index (Phi) is 6.84. The van der Waals surface area contributed by atoms with Crippen LogP contribution in [0.15, 0.2) is 0 Å². The molecule has 1 amide bonds. The van der Waals surface area contributed by atoms with E-state index in [1.54, 1.807) is 0 Å². The van der Waals surface area contributed by atoms with Gasteiger partial charge in [0.25, 0.3) is 0 Å². The van der Waals surface area contributed by atoms with Crippen LogP contribution in [0.1, 0.15) is 65.7 Å². The third kappa shape index (κ3) is 5.13. The molecule has 1 aliphatic heterocycles. The van der Waals surface area contributed by atoms with Gasteiger partial charge in [-0.1, -0.05) is 26.7 Å². The molecule has 3 heteroatoms. The summed E-state index contributed by atoms with van der Waals surface area (Å²) in [7, 11) is 1.98. The third-order valence-corrected chi connectivity index (χ3v) is 4.28. The van der Waals surface area contributed by atoms with E-state index in [0.717, 1.165) is 44.7 Å². The average Bonchev–Trinajstić information content (AvgIpc) is 2.34. The lowest BCUT2D eigenvalue weighted by atomic mass is 9.87. The summed E-state index contributed by atoms with van der Waals surface area (Å²) in [6.45, 7) is 8.58. The Morgan fingerprint density at radius 1 is 1.32 bits per heavy atom. The Balaban J connectivity index is 2.44. The standard InChI is InChI=1S/C16H32N2O/c1-14(2)9-5-6-10-15(19)18-12-8-7-11-16(18,3)13-17-4/h14,17H,5-13H2,1-4H3. The van der Waals surface area contributed by atoms with E-state index in [4.69, 9.17) is 0 Å². The molecule has 1 rings (SSSR count). The van der Waals surface area contributed by atoms with Gasteiger partial charge in [0.2, 0.25) is 5.91 Å². The lowest BCUT2D eigenvalue weighted by Crippen LogP contribution is -2.57.